The minimum absolute atomic E-state index is 0.419. The summed E-state index contributed by atoms with van der Waals surface area (Å²) in [5, 5.41) is 0. The van der Waals surface area contributed by atoms with Crippen molar-refractivity contribution in [3.05, 3.63) is 28.4 Å². The van der Waals surface area contributed by atoms with E-state index >= 15 is 0 Å². The molecule has 1 aromatic rings. The Labute approximate surface area is 96.0 Å². The van der Waals surface area contributed by atoms with E-state index in [1.807, 2.05) is 0 Å². The molecule has 1 heterocycles. The number of methoxy groups -OCH3 is 2. The SMILES string of the molecule is COC(=O)/C=C\c1cc(Br)cnc1OC. The number of nitrogens with zero attached hydrogens (tertiary/aromatic N) is 1. The number of ether oxygens (including phenoxy) is 2. The molecule has 0 fully saturated rings. The monoisotopic (exact) mass is 271 g/mol. The zero-order valence-corrected chi connectivity index (χ0v) is 9.95. The van der Waals surface area contributed by atoms with Crippen LogP contribution in [0, 0.1) is 0 Å². The Morgan fingerprint density at radius 2 is 2.27 bits per heavy atom. The quantitative estimate of drug-likeness (QED) is 0.624. The first-order chi connectivity index (χ1) is 7.17. The molecule has 4 nitrogen and oxygen atoms in total. The minimum Gasteiger partial charge on any atom is -0.481 e. The van der Waals surface area contributed by atoms with Crippen molar-refractivity contribution in [2.45, 2.75) is 0 Å². The Balaban J connectivity index is 2.96. The maximum Gasteiger partial charge on any atom is 0.330 e. The lowest BCUT2D eigenvalue weighted by atomic mass is 10.2. The van der Waals surface area contributed by atoms with Gasteiger partial charge in [-0.2, -0.15) is 0 Å². The van der Waals surface area contributed by atoms with Gasteiger partial charge in [-0.3, -0.25) is 0 Å². The van der Waals surface area contributed by atoms with Gasteiger partial charge >= 0.3 is 5.97 Å². The predicted molar refractivity (Wildman–Crippen MR) is 59.5 cm³/mol. The molecular weight excluding hydrogens is 262 g/mol. The first kappa shape index (κ1) is 11.7. The summed E-state index contributed by atoms with van der Waals surface area (Å²) in [7, 11) is 2.84. The molecule has 1 aromatic heterocycles. The second kappa shape index (κ2) is 5.50. The summed E-state index contributed by atoms with van der Waals surface area (Å²) >= 11 is 3.28. The summed E-state index contributed by atoms with van der Waals surface area (Å²) in [6.07, 6.45) is 4.52. The maximum absolute atomic E-state index is 10.9. The lowest BCUT2D eigenvalue weighted by molar-refractivity contribution is -0.134. The van der Waals surface area contributed by atoms with Crippen LogP contribution >= 0.6 is 15.9 Å². The molecule has 0 atom stereocenters. The van der Waals surface area contributed by atoms with Crippen LogP contribution in [-0.2, 0) is 9.53 Å². The fourth-order valence-corrected chi connectivity index (χ4v) is 1.31. The van der Waals surface area contributed by atoms with Crippen molar-refractivity contribution in [1.82, 2.24) is 4.98 Å². The lowest BCUT2D eigenvalue weighted by Crippen LogP contribution is -1.95. The van der Waals surface area contributed by atoms with Crippen LogP contribution in [0.2, 0.25) is 0 Å². The van der Waals surface area contributed by atoms with Crippen molar-refractivity contribution in [3.8, 4) is 5.88 Å². The van der Waals surface area contributed by atoms with Gasteiger partial charge in [-0.1, -0.05) is 0 Å². The maximum atomic E-state index is 10.9. The van der Waals surface area contributed by atoms with Gasteiger partial charge in [0.05, 0.1) is 14.2 Å². The molecular formula is C10H10BrNO3. The van der Waals surface area contributed by atoms with E-state index in [0.717, 1.165) is 4.47 Å². The third-order valence-electron chi connectivity index (χ3n) is 1.64. The van der Waals surface area contributed by atoms with Crippen LogP contribution in [0.25, 0.3) is 6.08 Å². The van der Waals surface area contributed by atoms with E-state index in [1.54, 1.807) is 18.3 Å². The van der Waals surface area contributed by atoms with Crippen molar-refractivity contribution >= 4 is 28.0 Å². The van der Waals surface area contributed by atoms with Crippen LogP contribution in [0.1, 0.15) is 5.56 Å². The predicted octanol–water partition coefficient (Wildman–Crippen LogP) is 2.04. The highest BCUT2D eigenvalue weighted by atomic mass is 79.9. The number of aromatic nitrogens is 1. The van der Waals surface area contributed by atoms with Gasteiger partial charge in [-0.15, -0.1) is 0 Å². The van der Waals surface area contributed by atoms with Crippen molar-refractivity contribution < 1.29 is 14.3 Å². The Kier molecular flexibility index (Phi) is 4.30. The van der Waals surface area contributed by atoms with E-state index in [0.29, 0.717) is 11.4 Å². The van der Waals surface area contributed by atoms with Crippen LogP contribution in [0.15, 0.2) is 22.8 Å². The number of hydrogen-bond acceptors (Lipinski definition) is 4. The number of hydrogen-bond donors (Lipinski definition) is 0. The molecule has 0 aliphatic heterocycles. The van der Waals surface area contributed by atoms with E-state index < -0.39 is 5.97 Å². The van der Waals surface area contributed by atoms with Crippen LogP contribution in [0.4, 0.5) is 0 Å². The Morgan fingerprint density at radius 3 is 2.87 bits per heavy atom. The zero-order valence-electron chi connectivity index (χ0n) is 8.36. The number of rotatable bonds is 3. The number of halogens is 1. The second-order valence-electron chi connectivity index (χ2n) is 2.61. The molecule has 5 heteroatoms. The zero-order chi connectivity index (χ0) is 11.3. The van der Waals surface area contributed by atoms with Crippen LogP contribution in [0.5, 0.6) is 5.88 Å². The van der Waals surface area contributed by atoms with E-state index in [4.69, 9.17) is 4.74 Å². The summed E-state index contributed by atoms with van der Waals surface area (Å²) in [5.41, 5.74) is 0.706. The van der Waals surface area contributed by atoms with Crippen LogP contribution in [0.3, 0.4) is 0 Å². The fourth-order valence-electron chi connectivity index (χ4n) is 0.958. The molecule has 0 aliphatic rings. The summed E-state index contributed by atoms with van der Waals surface area (Å²) in [6, 6.07) is 1.80. The molecule has 15 heavy (non-hydrogen) atoms. The Bertz CT molecular complexity index is 390. The van der Waals surface area contributed by atoms with Crippen molar-refractivity contribution in [3.63, 3.8) is 0 Å². The molecule has 0 spiro atoms. The van der Waals surface area contributed by atoms with Crippen molar-refractivity contribution in [2.24, 2.45) is 0 Å². The first-order valence-corrected chi connectivity index (χ1v) is 4.92. The third-order valence-corrected chi connectivity index (χ3v) is 2.07. The molecule has 0 saturated heterocycles. The summed E-state index contributed by atoms with van der Waals surface area (Å²) in [4.78, 5) is 14.9. The molecule has 0 saturated carbocycles. The van der Waals surface area contributed by atoms with E-state index in [-0.39, 0.29) is 0 Å². The number of carbonyl (C=O) groups is 1. The third kappa shape index (κ3) is 3.36. The summed E-state index contributed by atoms with van der Waals surface area (Å²) < 4.78 is 10.3. The highest BCUT2D eigenvalue weighted by Crippen LogP contribution is 2.20. The normalized spacial score (nSPS) is 10.3. The molecule has 0 bridgehead atoms. The van der Waals surface area contributed by atoms with Gasteiger partial charge in [0.2, 0.25) is 5.88 Å². The Hall–Kier alpha value is -1.36. The van der Waals surface area contributed by atoms with Gasteiger partial charge in [0.25, 0.3) is 0 Å². The number of esters is 1. The Morgan fingerprint density at radius 1 is 1.53 bits per heavy atom. The molecule has 80 valence electrons. The van der Waals surface area contributed by atoms with Gasteiger partial charge in [0.1, 0.15) is 0 Å². The van der Waals surface area contributed by atoms with Gasteiger partial charge in [0, 0.05) is 22.3 Å². The van der Waals surface area contributed by atoms with E-state index in [9.17, 15) is 4.79 Å². The molecule has 0 unspecified atom stereocenters. The van der Waals surface area contributed by atoms with Gasteiger partial charge < -0.3 is 9.47 Å². The first-order valence-electron chi connectivity index (χ1n) is 4.13. The second-order valence-corrected chi connectivity index (χ2v) is 3.52. The largest absolute Gasteiger partial charge is 0.481 e. The van der Waals surface area contributed by atoms with Crippen LogP contribution < -0.4 is 4.74 Å². The molecule has 0 aliphatic carbocycles. The van der Waals surface area contributed by atoms with Crippen LogP contribution in [-0.4, -0.2) is 25.2 Å². The standard InChI is InChI=1S/C10H10BrNO3/c1-14-9(13)4-3-7-5-8(11)6-12-10(7)15-2/h3-6H,1-2H3/b4-3-. The average Bonchev–Trinajstić information content (AvgIpc) is 2.26. The van der Waals surface area contributed by atoms with Crippen molar-refractivity contribution in [2.75, 3.05) is 14.2 Å². The van der Waals surface area contributed by atoms with Crippen molar-refractivity contribution in [1.29, 1.82) is 0 Å². The van der Waals surface area contributed by atoms with E-state index in [1.165, 1.54) is 20.3 Å². The fraction of sp³-hybridized carbons (Fsp3) is 0.200. The molecule has 1 rings (SSSR count). The van der Waals surface area contributed by atoms with Gasteiger partial charge in [-0.25, -0.2) is 9.78 Å². The molecule has 0 radical (unpaired) electrons. The molecule has 0 amide bonds. The molecule has 0 N–H and O–H groups in total. The lowest BCUT2D eigenvalue weighted by Gasteiger charge is -2.03. The van der Waals surface area contributed by atoms with Gasteiger partial charge in [0.15, 0.2) is 0 Å². The minimum atomic E-state index is -0.419. The summed E-state index contributed by atoms with van der Waals surface area (Å²) in [5.74, 6) is 0.0374. The number of carbonyl (C=O) groups excluding carboxylic acids is 1. The number of pyridine rings is 1. The molecule has 0 aromatic carbocycles. The summed E-state index contributed by atoms with van der Waals surface area (Å²) in [6.45, 7) is 0. The smallest absolute Gasteiger partial charge is 0.330 e. The average molecular weight is 272 g/mol. The topological polar surface area (TPSA) is 48.4 Å². The van der Waals surface area contributed by atoms with E-state index in [2.05, 4.69) is 25.7 Å². The highest BCUT2D eigenvalue weighted by Gasteiger charge is 2.02. The highest BCUT2D eigenvalue weighted by molar-refractivity contribution is 9.10. The van der Waals surface area contributed by atoms with Gasteiger partial charge in [-0.05, 0) is 28.1 Å².